The van der Waals surface area contributed by atoms with Crippen LogP contribution in [0.1, 0.15) is 12.8 Å². The van der Waals surface area contributed by atoms with Crippen LogP contribution in [0.3, 0.4) is 0 Å². The minimum absolute atomic E-state index is 0.377. The van der Waals surface area contributed by atoms with E-state index < -0.39 is 0 Å². The molecule has 108 valence electrons. The van der Waals surface area contributed by atoms with Gasteiger partial charge in [-0.2, -0.15) is 0 Å². The summed E-state index contributed by atoms with van der Waals surface area (Å²) >= 11 is 0. The van der Waals surface area contributed by atoms with Gasteiger partial charge in [0.2, 0.25) is 0 Å². The van der Waals surface area contributed by atoms with Crippen LogP contribution in [0.15, 0.2) is 24.3 Å². The fourth-order valence-electron chi connectivity index (χ4n) is 2.79. The molecule has 1 saturated heterocycles. The van der Waals surface area contributed by atoms with Gasteiger partial charge in [-0.3, -0.25) is 9.69 Å². The second kappa shape index (κ2) is 5.83. The molecule has 0 N–H and O–H groups in total. The largest absolute Gasteiger partial charge is 0.495 e. The highest BCUT2D eigenvalue weighted by Crippen LogP contribution is 2.31. The van der Waals surface area contributed by atoms with Crippen LogP contribution in [-0.2, 0) is 4.79 Å². The van der Waals surface area contributed by atoms with Gasteiger partial charge in [-0.05, 0) is 25.0 Å². The van der Waals surface area contributed by atoms with Crippen LogP contribution >= 0.6 is 0 Å². The Bertz CT molecular complexity index is 477. The lowest BCUT2D eigenvalue weighted by Gasteiger charge is -2.36. The number of Topliss-reactive ketones (excluding diaryl/α,β-unsaturated/α-hetero) is 1. The summed E-state index contributed by atoms with van der Waals surface area (Å²) in [5.41, 5.74) is 1.16. The lowest BCUT2D eigenvalue weighted by atomic mass is 10.2. The number of piperazine rings is 1. The Morgan fingerprint density at radius 1 is 1.20 bits per heavy atom. The molecule has 0 spiro atoms. The summed E-state index contributed by atoms with van der Waals surface area (Å²) in [5, 5.41) is 0. The second-order valence-electron chi connectivity index (χ2n) is 5.68. The van der Waals surface area contributed by atoms with E-state index in [1.165, 1.54) is 0 Å². The molecule has 1 saturated carbocycles. The Balaban J connectivity index is 1.56. The highest BCUT2D eigenvalue weighted by Gasteiger charge is 2.31. The first-order chi connectivity index (χ1) is 9.78. The van der Waals surface area contributed by atoms with E-state index in [0.717, 1.165) is 50.5 Å². The maximum atomic E-state index is 11.9. The number of anilines is 1. The molecule has 0 atom stereocenters. The summed E-state index contributed by atoms with van der Waals surface area (Å²) in [5.74, 6) is 1.74. The van der Waals surface area contributed by atoms with Crippen LogP contribution in [0.2, 0.25) is 0 Å². The normalized spacial score (nSPS) is 19.9. The van der Waals surface area contributed by atoms with E-state index in [4.69, 9.17) is 4.74 Å². The van der Waals surface area contributed by atoms with Crippen molar-refractivity contribution in [2.24, 2.45) is 5.92 Å². The van der Waals surface area contributed by atoms with Gasteiger partial charge in [-0.15, -0.1) is 0 Å². The maximum absolute atomic E-state index is 11.9. The lowest BCUT2D eigenvalue weighted by molar-refractivity contribution is -0.121. The van der Waals surface area contributed by atoms with Crippen LogP contribution in [-0.4, -0.2) is 50.5 Å². The van der Waals surface area contributed by atoms with Crippen molar-refractivity contribution in [2.45, 2.75) is 12.8 Å². The molecule has 3 rings (SSSR count). The van der Waals surface area contributed by atoms with E-state index in [9.17, 15) is 4.79 Å². The number of ketones is 1. The number of nitrogens with zero attached hydrogens (tertiary/aromatic N) is 2. The highest BCUT2D eigenvalue weighted by atomic mass is 16.5. The van der Waals surface area contributed by atoms with Crippen LogP contribution in [0, 0.1) is 5.92 Å². The van der Waals surface area contributed by atoms with E-state index in [-0.39, 0.29) is 0 Å². The molecule has 4 nitrogen and oxygen atoms in total. The molecule has 4 heteroatoms. The second-order valence-corrected chi connectivity index (χ2v) is 5.68. The van der Waals surface area contributed by atoms with Crippen molar-refractivity contribution in [3.8, 4) is 5.75 Å². The predicted molar refractivity (Wildman–Crippen MR) is 79.4 cm³/mol. The van der Waals surface area contributed by atoms with E-state index in [2.05, 4.69) is 15.9 Å². The molecule has 0 radical (unpaired) electrons. The van der Waals surface area contributed by atoms with Crippen molar-refractivity contribution < 1.29 is 9.53 Å². The van der Waals surface area contributed by atoms with E-state index in [0.29, 0.717) is 18.2 Å². The smallest absolute Gasteiger partial charge is 0.149 e. The Hall–Kier alpha value is -1.55. The van der Waals surface area contributed by atoms with Gasteiger partial charge in [0.05, 0.1) is 19.3 Å². The third-order valence-corrected chi connectivity index (χ3v) is 4.21. The van der Waals surface area contributed by atoms with Crippen molar-refractivity contribution in [3.05, 3.63) is 24.3 Å². The first-order valence-corrected chi connectivity index (χ1v) is 7.41. The van der Waals surface area contributed by atoms with Gasteiger partial charge in [-0.25, -0.2) is 0 Å². The molecular weight excluding hydrogens is 252 g/mol. The van der Waals surface area contributed by atoms with Gasteiger partial charge < -0.3 is 9.64 Å². The molecule has 2 aliphatic rings. The van der Waals surface area contributed by atoms with Crippen molar-refractivity contribution in [1.82, 2.24) is 4.90 Å². The number of hydrogen-bond acceptors (Lipinski definition) is 4. The Kier molecular flexibility index (Phi) is 3.92. The topological polar surface area (TPSA) is 32.8 Å². The summed E-state index contributed by atoms with van der Waals surface area (Å²) in [6.07, 6.45) is 2.22. The van der Waals surface area contributed by atoms with Gasteiger partial charge >= 0.3 is 0 Å². The third-order valence-electron chi connectivity index (χ3n) is 4.21. The zero-order valence-corrected chi connectivity index (χ0v) is 12.0. The number of methoxy groups -OCH3 is 1. The molecule has 1 aromatic carbocycles. The van der Waals surface area contributed by atoms with Gasteiger partial charge in [-0.1, -0.05) is 12.1 Å². The summed E-state index contributed by atoms with van der Waals surface area (Å²) in [6, 6.07) is 8.13. The number of rotatable bonds is 5. The van der Waals surface area contributed by atoms with E-state index in [1.54, 1.807) is 7.11 Å². The molecule has 1 aromatic rings. The molecule has 0 unspecified atom stereocenters. The van der Waals surface area contributed by atoms with Crippen molar-refractivity contribution in [2.75, 3.05) is 44.7 Å². The molecule has 0 aromatic heterocycles. The molecule has 1 aliphatic carbocycles. The minimum Gasteiger partial charge on any atom is -0.495 e. The molecule has 2 fully saturated rings. The predicted octanol–water partition coefficient (Wildman–Crippen LogP) is 1.80. The van der Waals surface area contributed by atoms with Gasteiger partial charge in [0, 0.05) is 32.1 Å². The van der Waals surface area contributed by atoms with Gasteiger partial charge in [0.25, 0.3) is 0 Å². The van der Waals surface area contributed by atoms with E-state index >= 15 is 0 Å². The Morgan fingerprint density at radius 2 is 1.90 bits per heavy atom. The fourth-order valence-corrected chi connectivity index (χ4v) is 2.79. The third kappa shape index (κ3) is 2.96. The van der Waals surface area contributed by atoms with Crippen LogP contribution in [0.25, 0.3) is 0 Å². The minimum atomic E-state index is 0.377. The molecular formula is C16H22N2O2. The molecule has 20 heavy (non-hydrogen) atoms. The number of carbonyl (C=O) groups excluding carboxylic acids is 1. The summed E-state index contributed by atoms with van der Waals surface area (Å²) in [6.45, 7) is 4.47. The van der Waals surface area contributed by atoms with Crippen molar-refractivity contribution >= 4 is 11.5 Å². The molecule has 0 bridgehead atoms. The van der Waals surface area contributed by atoms with Crippen molar-refractivity contribution in [3.63, 3.8) is 0 Å². The summed E-state index contributed by atoms with van der Waals surface area (Å²) < 4.78 is 5.42. The number of para-hydroxylation sites is 2. The Labute approximate surface area is 120 Å². The average molecular weight is 274 g/mol. The quantitative estimate of drug-likeness (QED) is 0.819. The summed E-state index contributed by atoms with van der Waals surface area (Å²) in [4.78, 5) is 16.5. The molecule has 1 heterocycles. The molecule has 1 aliphatic heterocycles. The monoisotopic (exact) mass is 274 g/mol. The van der Waals surface area contributed by atoms with Gasteiger partial charge in [0.1, 0.15) is 11.5 Å². The number of ether oxygens (including phenoxy) is 1. The van der Waals surface area contributed by atoms with E-state index in [1.807, 2.05) is 18.2 Å². The molecule has 0 amide bonds. The van der Waals surface area contributed by atoms with Crippen LogP contribution < -0.4 is 9.64 Å². The van der Waals surface area contributed by atoms with Crippen LogP contribution in [0.4, 0.5) is 5.69 Å². The first kappa shape index (κ1) is 13.4. The number of hydrogen-bond donors (Lipinski definition) is 0. The Morgan fingerprint density at radius 3 is 2.55 bits per heavy atom. The maximum Gasteiger partial charge on any atom is 0.149 e. The zero-order chi connectivity index (χ0) is 13.9. The number of carbonyl (C=O) groups is 1. The SMILES string of the molecule is COc1ccccc1N1CCN(CC(=O)C2CC2)CC1. The van der Waals surface area contributed by atoms with Crippen molar-refractivity contribution in [1.29, 1.82) is 0 Å². The number of benzene rings is 1. The lowest BCUT2D eigenvalue weighted by Crippen LogP contribution is -2.48. The average Bonchev–Trinajstić information content (AvgIpc) is 3.33. The zero-order valence-electron chi connectivity index (χ0n) is 12.0. The fraction of sp³-hybridized carbons (Fsp3) is 0.562. The van der Waals surface area contributed by atoms with Crippen LogP contribution in [0.5, 0.6) is 5.75 Å². The first-order valence-electron chi connectivity index (χ1n) is 7.41. The standard InChI is InChI=1S/C16H22N2O2/c1-20-16-5-3-2-4-14(16)18-10-8-17(9-11-18)12-15(19)13-6-7-13/h2-5,13H,6-12H2,1H3. The highest BCUT2D eigenvalue weighted by molar-refractivity contribution is 5.85. The van der Waals surface area contributed by atoms with Gasteiger partial charge in [0.15, 0.2) is 0 Å². The summed E-state index contributed by atoms with van der Waals surface area (Å²) in [7, 11) is 1.71.